The lowest BCUT2D eigenvalue weighted by molar-refractivity contribution is -0.123. The van der Waals surface area contributed by atoms with Crippen LogP contribution in [0.3, 0.4) is 0 Å². The quantitative estimate of drug-likeness (QED) is 0.0918. The van der Waals surface area contributed by atoms with Crippen molar-refractivity contribution in [3.05, 3.63) is 0 Å². The lowest BCUT2D eigenvalue weighted by atomic mass is 10.1. The van der Waals surface area contributed by atoms with Crippen molar-refractivity contribution >= 4 is 43.6 Å². The number of sulfonamides is 2. The number of Topliss-reactive ketones (excluding diaryl/α,β-unsaturated/α-hetero) is 1. The van der Waals surface area contributed by atoms with Crippen LogP contribution in [-0.4, -0.2) is 94.3 Å². The van der Waals surface area contributed by atoms with Gasteiger partial charge in [0.1, 0.15) is 5.78 Å². The molecule has 3 amide bonds. The van der Waals surface area contributed by atoms with Crippen LogP contribution in [0.15, 0.2) is 0 Å². The summed E-state index contributed by atoms with van der Waals surface area (Å²) in [6, 6.07) is 0.620. The largest absolute Gasteiger partial charge is 0.394 e. The number of aliphatic hydroxyl groups is 1. The fraction of sp³-hybridized carbons (Fsp3) is 0.929. The molecule has 17 heteroatoms. The average molecular weight is 1110 g/mol. The van der Waals surface area contributed by atoms with Crippen molar-refractivity contribution in [2.75, 3.05) is 14.1 Å². The summed E-state index contributed by atoms with van der Waals surface area (Å²) >= 11 is 0. The zero-order chi connectivity index (χ0) is 54.5. The Kier molecular flexibility index (Phi) is 143. The van der Waals surface area contributed by atoms with E-state index < -0.39 is 20.0 Å². The summed E-state index contributed by atoms with van der Waals surface area (Å²) in [5.74, 6) is 2.00. The molecule has 0 saturated heterocycles. The summed E-state index contributed by atoms with van der Waals surface area (Å²) in [4.78, 5) is 40.8. The molecule has 0 bridgehead atoms. The second-order valence-electron chi connectivity index (χ2n) is 18.7. The Morgan fingerprint density at radius 1 is 0.438 bits per heavy atom. The number of ketones is 1. The third kappa shape index (κ3) is 167. The monoisotopic (exact) mass is 1110 g/mol. The van der Waals surface area contributed by atoms with Gasteiger partial charge in [-0.2, -0.15) is 0 Å². The van der Waals surface area contributed by atoms with E-state index in [9.17, 15) is 36.0 Å². The van der Waals surface area contributed by atoms with Gasteiger partial charge in [0, 0.05) is 61.4 Å². The molecule has 0 atom stereocenters. The molecular formula is C56H148N6O9S2. The van der Waals surface area contributed by atoms with E-state index in [4.69, 9.17) is 16.6 Å². The number of amides is 3. The highest BCUT2D eigenvalue weighted by Gasteiger charge is 2.16. The molecule has 0 aromatic carbocycles. The van der Waals surface area contributed by atoms with Gasteiger partial charge < -0.3 is 27.2 Å². The number of carbonyl (C=O) groups is 4. The van der Waals surface area contributed by atoms with Crippen LogP contribution in [0.5, 0.6) is 0 Å². The van der Waals surface area contributed by atoms with E-state index in [0.29, 0.717) is 18.2 Å². The summed E-state index contributed by atoms with van der Waals surface area (Å²) < 4.78 is 49.1. The fourth-order valence-corrected chi connectivity index (χ4v) is 3.48. The van der Waals surface area contributed by atoms with Crippen LogP contribution in [-0.2, 0) is 39.2 Å². The smallest absolute Gasteiger partial charge is 0.222 e. The molecule has 0 radical (unpaired) electrons. The molecule has 0 rings (SSSR count). The van der Waals surface area contributed by atoms with Crippen LogP contribution in [0.25, 0.3) is 0 Å². The Hall–Kier alpha value is -2.18. The SMILES string of the molecule is C.C.C.C.C.C.C.C.C.CC(C)C.CC(C)C(N)=O.CC(C)C(N)=O.CC(C)NS(=O)(=O)C(C)C.CC(C)NS(=O)(=O)C(C)C.CC(C)O.CCC(=O)C(C)C.CCC(C)C.CNC(=O)C(C)C.CNC(C)C. The minimum absolute atomic E-state index is 0. The van der Waals surface area contributed by atoms with Gasteiger partial charge in [0.15, 0.2) is 0 Å². The van der Waals surface area contributed by atoms with Crippen LogP contribution >= 0.6 is 0 Å². The minimum atomic E-state index is -3.05. The molecule has 9 N–H and O–H groups in total. The normalized spacial score (nSPS) is 9.18. The first-order valence-electron chi connectivity index (χ1n) is 23.1. The summed E-state index contributed by atoms with van der Waals surface area (Å²) in [7, 11) is -2.50. The zero-order valence-electron chi connectivity index (χ0n) is 47.0. The predicted molar refractivity (Wildman–Crippen MR) is 340 cm³/mol. The molecule has 0 aromatic heterocycles. The number of nitrogens with one attached hydrogen (secondary N) is 4. The predicted octanol–water partition coefficient (Wildman–Crippen LogP) is 14.2. The molecule has 0 aromatic rings. The molecule has 468 valence electrons. The second-order valence-corrected chi connectivity index (χ2v) is 23.2. The molecule has 73 heavy (non-hydrogen) atoms. The molecule has 0 aliphatic heterocycles. The first-order valence-corrected chi connectivity index (χ1v) is 26.2. The number of aliphatic hydroxyl groups excluding tert-OH is 1. The van der Waals surface area contributed by atoms with Gasteiger partial charge in [0.05, 0.1) is 10.5 Å². The standard InChI is InChI=1S/2C6H15NO2S.C6H12O.C5H11NO.C5H12.2C4H9NO.C4H11N.C4H10.C3H8O.9CH4/c2*1-5(2)7-10(8,9)6(3)4;1-4-6(7)5(2)3;1-4(2)5(7)6-3;1-4-5(2)3;2*1-3(2)4(5)6;1-4(2)5-3;1-4(2)3;1-3(2)4;;;;;;;;;/h2*5-7H,1-4H3;5H,4H2,1-3H3;4H,1-3H3,(H,6,7);5H,4H2,1-3H3;2*3H,1-2H3,(H2,5,6);4-5H,1-3H3;4H,1-3H3;3-4H,1-2H3;9*1H4. The Labute approximate surface area is 465 Å². The van der Waals surface area contributed by atoms with Gasteiger partial charge >= 0.3 is 0 Å². The summed E-state index contributed by atoms with van der Waals surface area (Å²) in [5, 5.41) is 12.9. The lowest BCUT2D eigenvalue weighted by Gasteiger charge is -2.11. The van der Waals surface area contributed by atoms with Gasteiger partial charge in [-0.25, -0.2) is 26.3 Å². The molecule has 15 nitrogen and oxygen atoms in total. The second kappa shape index (κ2) is 81.2. The van der Waals surface area contributed by atoms with Crippen LogP contribution in [0.1, 0.15) is 267 Å². The highest BCUT2D eigenvalue weighted by Crippen LogP contribution is 1.98. The van der Waals surface area contributed by atoms with E-state index in [2.05, 4.69) is 75.5 Å². The van der Waals surface area contributed by atoms with Crippen molar-refractivity contribution in [3.63, 3.8) is 0 Å². The third-order valence-corrected chi connectivity index (χ3v) is 10.4. The van der Waals surface area contributed by atoms with E-state index in [-0.39, 0.29) is 137 Å². The number of hydrogen-bond acceptors (Lipinski definition) is 10. The summed E-state index contributed by atoms with van der Waals surface area (Å²) in [5.41, 5.74) is 9.59. The molecule has 0 saturated carbocycles. The number of hydrogen-bond donors (Lipinski definition) is 7. The minimum Gasteiger partial charge on any atom is -0.394 e. The number of nitrogens with two attached hydrogens (primary N) is 2. The number of carbonyl (C=O) groups excluding carboxylic acids is 4. The van der Waals surface area contributed by atoms with Crippen LogP contribution in [0.2, 0.25) is 0 Å². The summed E-state index contributed by atoms with van der Waals surface area (Å²) in [6.07, 6.45) is 1.82. The van der Waals surface area contributed by atoms with E-state index >= 15 is 0 Å². The van der Waals surface area contributed by atoms with Crippen molar-refractivity contribution in [2.45, 2.75) is 301 Å². The van der Waals surface area contributed by atoms with Gasteiger partial charge in [0.25, 0.3) is 0 Å². The van der Waals surface area contributed by atoms with E-state index in [1.54, 1.807) is 104 Å². The molecule has 0 unspecified atom stereocenters. The maximum atomic E-state index is 11.0. The first kappa shape index (κ1) is 129. The highest BCUT2D eigenvalue weighted by molar-refractivity contribution is 7.90. The van der Waals surface area contributed by atoms with Gasteiger partial charge in [-0.05, 0) is 88.1 Å². The molecular weight excluding hydrogens is 965 g/mol. The zero-order valence-corrected chi connectivity index (χ0v) is 48.7. The van der Waals surface area contributed by atoms with Crippen LogP contribution in [0, 0.1) is 35.5 Å². The van der Waals surface area contributed by atoms with Gasteiger partial charge in [0.2, 0.25) is 37.8 Å². The molecule has 0 spiro atoms. The lowest BCUT2D eigenvalue weighted by Crippen LogP contribution is -2.35. The first-order chi connectivity index (χ1) is 28.4. The van der Waals surface area contributed by atoms with Crippen molar-refractivity contribution in [3.8, 4) is 0 Å². The van der Waals surface area contributed by atoms with Gasteiger partial charge in [-0.15, -0.1) is 0 Å². The van der Waals surface area contributed by atoms with E-state index in [1.165, 1.54) is 6.42 Å². The Morgan fingerprint density at radius 2 is 0.616 bits per heavy atom. The molecule has 0 heterocycles. The highest BCUT2D eigenvalue weighted by atomic mass is 32.2. The summed E-state index contributed by atoms with van der Waals surface area (Å²) in [6.45, 7) is 51.2. The fourth-order valence-electron chi connectivity index (χ4n) is 1.63. The van der Waals surface area contributed by atoms with E-state index in [1.807, 2.05) is 41.7 Å². The third-order valence-electron chi connectivity index (χ3n) is 6.34. The molecule has 0 fully saturated rings. The van der Waals surface area contributed by atoms with Crippen molar-refractivity contribution in [2.24, 2.45) is 47.0 Å². The topological polar surface area (TPSA) is 257 Å². The number of primary amides is 2. The van der Waals surface area contributed by atoms with Gasteiger partial charge in [-0.3, -0.25) is 19.2 Å². The van der Waals surface area contributed by atoms with Crippen LogP contribution in [0.4, 0.5) is 0 Å². The number of rotatable bonds is 13. The van der Waals surface area contributed by atoms with E-state index in [0.717, 1.165) is 11.8 Å². The Morgan fingerprint density at radius 3 is 0.630 bits per heavy atom. The van der Waals surface area contributed by atoms with Gasteiger partial charge in [-0.1, -0.05) is 191 Å². The Bertz CT molecular complexity index is 1150. The van der Waals surface area contributed by atoms with Crippen molar-refractivity contribution < 1.29 is 41.1 Å². The maximum absolute atomic E-state index is 11.0. The Balaban J connectivity index is -0.0000000261. The van der Waals surface area contributed by atoms with Crippen LogP contribution < -0.4 is 31.5 Å². The van der Waals surface area contributed by atoms with Crippen molar-refractivity contribution in [1.82, 2.24) is 20.1 Å². The molecule has 0 aliphatic carbocycles. The van der Waals surface area contributed by atoms with Crippen molar-refractivity contribution in [1.29, 1.82) is 0 Å². The molecule has 0 aliphatic rings. The maximum Gasteiger partial charge on any atom is 0.222 e. The average Bonchev–Trinajstić information content (AvgIpc) is 3.10.